The number of nitrogens with zero attached hydrogens (tertiary/aromatic N) is 2. The molecule has 9 nitrogen and oxygen atoms in total. The van der Waals surface area contributed by atoms with Crippen LogP contribution in [0.1, 0.15) is 22.3 Å². The lowest BCUT2D eigenvalue weighted by Crippen LogP contribution is -2.39. The van der Waals surface area contributed by atoms with Gasteiger partial charge in [-0.2, -0.15) is 5.10 Å². The van der Waals surface area contributed by atoms with Crippen LogP contribution in [0, 0.1) is 13.8 Å². The number of sulfonamides is 1. The fourth-order valence-electron chi connectivity index (χ4n) is 4.07. The molecule has 228 valence electrons. The zero-order chi connectivity index (χ0) is 31.5. The average Bonchev–Trinajstić information content (AvgIpc) is 3.01. The molecule has 0 aliphatic rings. The van der Waals surface area contributed by atoms with Crippen molar-refractivity contribution in [3.8, 4) is 5.75 Å². The smallest absolute Gasteiger partial charge is 0.264 e. The molecule has 0 unspecified atom stereocenters. The highest BCUT2D eigenvalue weighted by atomic mass is 35.5. The maximum absolute atomic E-state index is 13.5. The second-order valence-corrected chi connectivity index (χ2v) is 12.3. The van der Waals surface area contributed by atoms with E-state index in [1.807, 2.05) is 37.3 Å². The number of ether oxygens (including phenoxy) is 1. The molecule has 2 amide bonds. The van der Waals surface area contributed by atoms with Crippen molar-refractivity contribution >= 4 is 45.3 Å². The number of hydrazone groups is 1. The summed E-state index contributed by atoms with van der Waals surface area (Å²) >= 11 is 6.28. The number of aryl methyl sites for hydroxylation is 2. The Bertz CT molecular complexity index is 1710. The molecule has 0 saturated heterocycles. The van der Waals surface area contributed by atoms with Crippen LogP contribution < -0.4 is 19.8 Å². The van der Waals surface area contributed by atoms with Crippen molar-refractivity contribution in [2.75, 3.05) is 24.0 Å². The molecule has 0 bridgehead atoms. The fraction of sp³-hybridized carbons (Fsp3) is 0.182. The summed E-state index contributed by atoms with van der Waals surface area (Å²) in [5.74, 6) is -0.370. The number of rotatable bonds is 13. The Morgan fingerprint density at radius 3 is 2.30 bits per heavy atom. The Kier molecular flexibility index (Phi) is 11.1. The van der Waals surface area contributed by atoms with E-state index >= 15 is 0 Å². The van der Waals surface area contributed by atoms with Crippen LogP contribution in [0.2, 0.25) is 5.02 Å². The van der Waals surface area contributed by atoms with Crippen LogP contribution in [0.25, 0.3) is 0 Å². The quantitative estimate of drug-likeness (QED) is 0.158. The third-order valence-electron chi connectivity index (χ3n) is 6.57. The highest BCUT2D eigenvalue weighted by Crippen LogP contribution is 2.28. The average molecular weight is 633 g/mol. The number of anilines is 1. The molecular weight excluding hydrogens is 600 g/mol. The largest absolute Gasteiger partial charge is 0.484 e. The Labute approximate surface area is 262 Å². The highest BCUT2D eigenvalue weighted by Gasteiger charge is 2.27. The van der Waals surface area contributed by atoms with Gasteiger partial charge in [0.15, 0.2) is 6.61 Å². The maximum atomic E-state index is 13.5. The monoisotopic (exact) mass is 632 g/mol. The zero-order valence-electron chi connectivity index (χ0n) is 24.4. The Balaban J connectivity index is 1.32. The molecule has 0 aliphatic heterocycles. The van der Waals surface area contributed by atoms with Gasteiger partial charge >= 0.3 is 0 Å². The lowest BCUT2D eigenvalue weighted by molar-refractivity contribution is -0.123. The Hall–Kier alpha value is -4.67. The third-order valence-corrected chi connectivity index (χ3v) is 8.77. The molecule has 11 heteroatoms. The van der Waals surface area contributed by atoms with Crippen LogP contribution in [-0.2, 0) is 26.0 Å². The highest BCUT2D eigenvalue weighted by molar-refractivity contribution is 7.92. The first-order chi connectivity index (χ1) is 21.1. The summed E-state index contributed by atoms with van der Waals surface area (Å²) in [7, 11) is -4.09. The van der Waals surface area contributed by atoms with Gasteiger partial charge in [0.25, 0.3) is 21.8 Å². The van der Waals surface area contributed by atoms with Crippen LogP contribution in [-0.4, -0.2) is 46.1 Å². The van der Waals surface area contributed by atoms with Crippen molar-refractivity contribution in [3.63, 3.8) is 0 Å². The van der Waals surface area contributed by atoms with Gasteiger partial charge in [0, 0.05) is 11.6 Å². The molecule has 44 heavy (non-hydrogen) atoms. The standard InChI is InChI=1S/C33H33ClN4O5S/c1-24-8-16-30(17-9-24)44(41,42)38(28-13-10-25(2)31(34)20-28)22-32(39)37-36-21-27-11-14-29(15-12-27)43-23-33(40)35-19-18-26-6-4-3-5-7-26/h3-17,20-21H,18-19,22-23H2,1-2H3,(H,35,40)(H,37,39)/b36-21-. The van der Waals surface area contributed by atoms with E-state index in [0.717, 1.165) is 27.4 Å². The van der Waals surface area contributed by atoms with Gasteiger partial charge in [-0.25, -0.2) is 13.8 Å². The number of benzene rings is 4. The molecule has 4 rings (SSSR count). The minimum absolute atomic E-state index is 0.0445. The van der Waals surface area contributed by atoms with Crippen LogP contribution in [0.15, 0.2) is 107 Å². The summed E-state index contributed by atoms with van der Waals surface area (Å²) in [5, 5.41) is 7.18. The summed E-state index contributed by atoms with van der Waals surface area (Å²) in [6.45, 7) is 3.53. The van der Waals surface area contributed by atoms with Crippen molar-refractivity contribution < 1.29 is 22.7 Å². The van der Waals surface area contributed by atoms with E-state index in [-0.39, 0.29) is 23.1 Å². The maximum Gasteiger partial charge on any atom is 0.264 e. The number of halogens is 1. The molecule has 0 aromatic heterocycles. The molecule has 4 aromatic rings. The van der Waals surface area contributed by atoms with Gasteiger partial charge in [0.1, 0.15) is 12.3 Å². The predicted molar refractivity (Wildman–Crippen MR) is 173 cm³/mol. The first-order valence-corrected chi connectivity index (χ1v) is 15.6. The van der Waals surface area contributed by atoms with Gasteiger partial charge in [-0.15, -0.1) is 0 Å². The van der Waals surface area contributed by atoms with Gasteiger partial charge in [0.2, 0.25) is 0 Å². The molecule has 4 aromatic carbocycles. The topological polar surface area (TPSA) is 117 Å². The molecule has 0 radical (unpaired) electrons. The number of amides is 2. The van der Waals surface area contributed by atoms with Crippen molar-refractivity contribution in [1.29, 1.82) is 0 Å². The number of hydrogen-bond donors (Lipinski definition) is 2. The minimum Gasteiger partial charge on any atom is -0.484 e. The first-order valence-electron chi connectivity index (χ1n) is 13.8. The van der Waals surface area contributed by atoms with Gasteiger partial charge in [-0.1, -0.05) is 65.7 Å². The van der Waals surface area contributed by atoms with Crippen LogP contribution in [0.4, 0.5) is 5.69 Å². The van der Waals surface area contributed by atoms with E-state index in [4.69, 9.17) is 16.3 Å². The van der Waals surface area contributed by atoms with Gasteiger partial charge in [-0.05, 0) is 85.5 Å². The lowest BCUT2D eigenvalue weighted by atomic mass is 10.1. The second kappa shape index (κ2) is 15.2. The minimum atomic E-state index is -4.09. The van der Waals surface area contributed by atoms with Crippen molar-refractivity contribution in [3.05, 3.63) is 124 Å². The summed E-state index contributed by atoms with van der Waals surface area (Å²) in [6, 6.07) is 27.8. The predicted octanol–water partition coefficient (Wildman–Crippen LogP) is 5.04. The fourth-order valence-corrected chi connectivity index (χ4v) is 5.66. The van der Waals surface area contributed by atoms with Crippen LogP contribution >= 0.6 is 11.6 Å². The van der Waals surface area contributed by atoms with Crippen LogP contribution in [0.3, 0.4) is 0 Å². The number of carbonyl (C=O) groups excluding carboxylic acids is 2. The van der Waals surface area contributed by atoms with Gasteiger partial charge < -0.3 is 10.1 Å². The molecule has 0 aliphatic carbocycles. The summed E-state index contributed by atoms with van der Waals surface area (Å²) < 4.78 is 33.6. The second-order valence-electron chi connectivity index (χ2n) is 9.99. The number of hydrogen-bond acceptors (Lipinski definition) is 6. The van der Waals surface area contributed by atoms with E-state index in [0.29, 0.717) is 22.9 Å². The lowest BCUT2D eigenvalue weighted by Gasteiger charge is -2.24. The number of carbonyl (C=O) groups is 2. The first kappa shape index (κ1) is 32.2. The van der Waals surface area contributed by atoms with E-state index < -0.39 is 22.5 Å². The van der Waals surface area contributed by atoms with Gasteiger partial charge in [-0.3, -0.25) is 13.9 Å². The van der Waals surface area contributed by atoms with E-state index in [1.165, 1.54) is 24.4 Å². The summed E-state index contributed by atoms with van der Waals surface area (Å²) in [6.07, 6.45) is 2.15. The molecule has 0 spiro atoms. The van der Waals surface area contributed by atoms with Crippen molar-refractivity contribution in [1.82, 2.24) is 10.7 Å². The summed E-state index contributed by atoms with van der Waals surface area (Å²) in [4.78, 5) is 25.0. The normalized spacial score (nSPS) is 11.2. The van der Waals surface area contributed by atoms with E-state index in [1.54, 1.807) is 55.5 Å². The third kappa shape index (κ3) is 9.16. The zero-order valence-corrected chi connectivity index (χ0v) is 25.9. The Morgan fingerprint density at radius 2 is 1.61 bits per heavy atom. The van der Waals surface area contributed by atoms with Gasteiger partial charge in [0.05, 0.1) is 16.8 Å². The molecule has 0 saturated carbocycles. The summed E-state index contributed by atoms with van der Waals surface area (Å²) in [5.41, 5.74) is 6.10. The molecule has 2 N–H and O–H groups in total. The molecule has 0 heterocycles. The van der Waals surface area contributed by atoms with E-state index in [2.05, 4.69) is 15.8 Å². The molecule has 0 fully saturated rings. The van der Waals surface area contributed by atoms with Crippen molar-refractivity contribution in [2.45, 2.75) is 25.2 Å². The van der Waals surface area contributed by atoms with Crippen molar-refractivity contribution in [2.24, 2.45) is 5.10 Å². The van der Waals surface area contributed by atoms with E-state index in [9.17, 15) is 18.0 Å². The number of nitrogens with one attached hydrogen (secondary N) is 2. The SMILES string of the molecule is Cc1ccc(S(=O)(=O)N(CC(=O)N/N=C\c2ccc(OCC(=O)NCCc3ccccc3)cc2)c2ccc(C)c(Cl)c2)cc1. The van der Waals surface area contributed by atoms with Crippen LogP contribution in [0.5, 0.6) is 5.75 Å². The molecule has 0 atom stereocenters. The molecular formula is C33H33ClN4O5S. The Morgan fingerprint density at radius 1 is 0.909 bits per heavy atom.